The average Bonchev–Trinajstić information content (AvgIpc) is 2.58. The van der Waals surface area contributed by atoms with Crippen molar-refractivity contribution >= 4 is 11.9 Å². The molecule has 1 aliphatic rings. The van der Waals surface area contributed by atoms with Crippen LogP contribution in [0.15, 0.2) is 24.3 Å². The molecule has 0 bridgehead atoms. The van der Waals surface area contributed by atoms with Crippen molar-refractivity contribution in [2.24, 2.45) is 11.8 Å². The van der Waals surface area contributed by atoms with Gasteiger partial charge in [-0.1, -0.05) is 18.2 Å². The van der Waals surface area contributed by atoms with E-state index in [-0.39, 0.29) is 11.9 Å². The van der Waals surface area contributed by atoms with Crippen LogP contribution in [0.1, 0.15) is 52.0 Å². The van der Waals surface area contributed by atoms with Crippen molar-refractivity contribution in [3.05, 3.63) is 29.8 Å². The normalized spacial score (nSPS) is 20.5. The highest BCUT2D eigenvalue weighted by Gasteiger charge is 2.28. The number of nitrogens with zero attached hydrogens (tertiary/aromatic N) is 1. The monoisotopic (exact) mass is 331 g/mol. The smallest absolute Gasteiger partial charge is 0.308 e. The van der Waals surface area contributed by atoms with Gasteiger partial charge in [-0.05, 0) is 63.5 Å². The summed E-state index contributed by atoms with van der Waals surface area (Å²) in [5.41, 5.74) is 1.09. The van der Waals surface area contributed by atoms with Gasteiger partial charge in [-0.3, -0.25) is 9.59 Å². The Morgan fingerprint density at radius 2 is 1.71 bits per heavy atom. The highest BCUT2D eigenvalue weighted by atomic mass is 16.5. The van der Waals surface area contributed by atoms with Gasteiger partial charge in [0.2, 0.25) is 5.91 Å². The van der Waals surface area contributed by atoms with Crippen LogP contribution in [0, 0.1) is 11.8 Å². The number of carbonyl (C=O) groups excluding carboxylic acids is 2. The van der Waals surface area contributed by atoms with Crippen LogP contribution in [0.25, 0.3) is 0 Å². The first-order valence-electron chi connectivity index (χ1n) is 9.10. The Morgan fingerprint density at radius 1 is 1.08 bits per heavy atom. The minimum atomic E-state index is -0.282. The summed E-state index contributed by atoms with van der Waals surface area (Å²) in [6.45, 7) is 7.11. The molecule has 4 nitrogen and oxygen atoms in total. The fraction of sp³-hybridized carbons (Fsp3) is 0.600. The van der Waals surface area contributed by atoms with Crippen LogP contribution in [0.3, 0.4) is 0 Å². The number of esters is 1. The lowest BCUT2D eigenvalue weighted by atomic mass is 9.78. The Balaban J connectivity index is 1.92. The summed E-state index contributed by atoms with van der Waals surface area (Å²) in [4.78, 5) is 25.6. The molecule has 0 aromatic heterocycles. The lowest BCUT2D eigenvalue weighted by Crippen LogP contribution is -2.37. The van der Waals surface area contributed by atoms with Gasteiger partial charge in [-0.15, -0.1) is 0 Å². The minimum absolute atomic E-state index is 0.185. The molecule has 0 atom stereocenters. The number of para-hydroxylation sites is 1. The Morgan fingerprint density at radius 3 is 2.29 bits per heavy atom. The summed E-state index contributed by atoms with van der Waals surface area (Å²) in [6, 6.07) is 7.76. The fourth-order valence-corrected chi connectivity index (χ4v) is 3.64. The lowest BCUT2D eigenvalue weighted by molar-refractivity contribution is -0.136. The van der Waals surface area contributed by atoms with E-state index in [1.54, 1.807) is 0 Å². The van der Waals surface area contributed by atoms with Crippen molar-refractivity contribution in [3.8, 4) is 5.75 Å². The van der Waals surface area contributed by atoms with Gasteiger partial charge in [0.1, 0.15) is 5.75 Å². The maximum absolute atomic E-state index is 12.5. The summed E-state index contributed by atoms with van der Waals surface area (Å²) in [7, 11) is 0. The summed E-state index contributed by atoms with van der Waals surface area (Å²) in [5.74, 6) is 1.45. The first kappa shape index (κ1) is 18.5. The van der Waals surface area contributed by atoms with E-state index in [0.29, 0.717) is 17.6 Å². The maximum atomic E-state index is 12.5. The quantitative estimate of drug-likeness (QED) is 0.588. The van der Waals surface area contributed by atoms with Crippen molar-refractivity contribution < 1.29 is 14.3 Å². The van der Waals surface area contributed by atoms with E-state index < -0.39 is 0 Å². The molecule has 1 aliphatic carbocycles. The van der Waals surface area contributed by atoms with Crippen molar-refractivity contribution in [2.75, 3.05) is 13.1 Å². The van der Waals surface area contributed by atoms with Crippen LogP contribution >= 0.6 is 0 Å². The standard InChI is InChI=1S/C20H29NO3/c1-4-21(5-2)20(23)17-12-10-16(11-13-17)14-18-8-6-7-9-19(18)24-15(3)22/h6-9,16-17H,4-5,10-14H2,1-3H3. The van der Waals surface area contributed by atoms with Crippen molar-refractivity contribution in [3.63, 3.8) is 0 Å². The molecule has 0 heterocycles. The second-order valence-electron chi connectivity index (χ2n) is 6.63. The van der Waals surface area contributed by atoms with Gasteiger partial charge in [-0.25, -0.2) is 0 Å². The summed E-state index contributed by atoms with van der Waals surface area (Å²) in [6.07, 6.45) is 4.97. The largest absolute Gasteiger partial charge is 0.426 e. The Hall–Kier alpha value is -1.84. The van der Waals surface area contributed by atoms with Gasteiger partial charge in [-0.2, -0.15) is 0 Å². The van der Waals surface area contributed by atoms with Crippen molar-refractivity contribution in [1.29, 1.82) is 0 Å². The second-order valence-corrected chi connectivity index (χ2v) is 6.63. The Labute approximate surface area is 145 Å². The molecular formula is C20H29NO3. The molecule has 1 amide bonds. The number of carbonyl (C=O) groups is 2. The molecule has 0 saturated heterocycles. The first-order chi connectivity index (χ1) is 11.5. The van der Waals surface area contributed by atoms with Crippen LogP contribution < -0.4 is 4.74 Å². The van der Waals surface area contributed by atoms with Gasteiger partial charge in [0.05, 0.1) is 0 Å². The topological polar surface area (TPSA) is 46.6 Å². The third kappa shape index (κ3) is 4.83. The number of rotatable bonds is 6. The minimum Gasteiger partial charge on any atom is -0.426 e. The van der Waals surface area contributed by atoms with Gasteiger partial charge in [0.25, 0.3) is 0 Å². The first-order valence-corrected chi connectivity index (χ1v) is 9.10. The Bertz CT molecular complexity index is 558. The zero-order valence-electron chi connectivity index (χ0n) is 15.1. The number of benzene rings is 1. The molecule has 0 radical (unpaired) electrons. The van der Waals surface area contributed by atoms with Crippen LogP contribution in [0.4, 0.5) is 0 Å². The number of hydrogen-bond acceptors (Lipinski definition) is 3. The lowest BCUT2D eigenvalue weighted by Gasteiger charge is -2.31. The van der Waals surface area contributed by atoms with Gasteiger partial charge in [0.15, 0.2) is 0 Å². The molecule has 0 aliphatic heterocycles. The van der Waals surface area contributed by atoms with Crippen LogP contribution in [0.2, 0.25) is 0 Å². The third-order valence-corrected chi connectivity index (χ3v) is 5.01. The van der Waals surface area contributed by atoms with E-state index in [0.717, 1.165) is 50.8 Å². The number of ether oxygens (including phenoxy) is 1. The van der Waals surface area contributed by atoms with Gasteiger partial charge >= 0.3 is 5.97 Å². The maximum Gasteiger partial charge on any atom is 0.308 e. The summed E-state index contributed by atoms with van der Waals surface area (Å²) in [5, 5.41) is 0. The van der Waals surface area contributed by atoms with E-state index in [1.165, 1.54) is 6.92 Å². The second kappa shape index (κ2) is 8.86. The van der Waals surface area contributed by atoms with E-state index in [4.69, 9.17) is 4.74 Å². The fourth-order valence-electron chi connectivity index (χ4n) is 3.64. The highest BCUT2D eigenvalue weighted by Crippen LogP contribution is 2.34. The predicted octanol–water partition coefficient (Wildman–Crippen LogP) is 3.83. The summed E-state index contributed by atoms with van der Waals surface area (Å²) < 4.78 is 5.31. The molecule has 1 fully saturated rings. The van der Waals surface area contributed by atoms with E-state index >= 15 is 0 Å². The molecule has 2 rings (SSSR count). The molecule has 0 N–H and O–H groups in total. The van der Waals surface area contributed by atoms with Gasteiger partial charge < -0.3 is 9.64 Å². The molecule has 0 unspecified atom stereocenters. The van der Waals surface area contributed by atoms with Crippen molar-refractivity contribution in [2.45, 2.75) is 52.9 Å². The van der Waals surface area contributed by atoms with E-state index in [9.17, 15) is 9.59 Å². The van der Waals surface area contributed by atoms with Crippen LogP contribution in [0.5, 0.6) is 5.75 Å². The van der Waals surface area contributed by atoms with E-state index in [1.807, 2.05) is 43.0 Å². The molecular weight excluding hydrogens is 302 g/mol. The van der Waals surface area contributed by atoms with E-state index in [2.05, 4.69) is 0 Å². The zero-order chi connectivity index (χ0) is 17.5. The predicted molar refractivity (Wildman–Crippen MR) is 94.8 cm³/mol. The number of amides is 1. The highest BCUT2D eigenvalue weighted by molar-refractivity contribution is 5.78. The summed E-state index contributed by atoms with van der Waals surface area (Å²) >= 11 is 0. The molecule has 24 heavy (non-hydrogen) atoms. The molecule has 4 heteroatoms. The zero-order valence-corrected chi connectivity index (χ0v) is 15.1. The molecule has 0 spiro atoms. The van der Waals surface area contributed by atoms with Crippen LogP contribution in [-0.4, -0.2) is 29.9 Å². The number of hydrogen-bond donors (Lipinski definition) is 0. The van der Waals surface area contributed by atoms with Crippen molar-refractivity contribution in [1.82, 2.24) is 4.90 Å². The SMILES string of the molecule is CCN(CC)C(=O)C1CCC(Cc2ccccc2OC(C)=O)CC1. The van der Waals surface area contributed by atoms with Crippen LogP contribution in [-0.2, 0) is 16.0 Å². The van der Waals surface area contributed by atoms with Gasteiger partial charge in [0, 0.05) is 25.9 Å². The average molecular weight is 331 g/mol. The molecule has 1 aromatic carbocycles. The molecule has 1 saturated carbocycles. The molecule has 132 valence electrons. The third-order valence-electron chi connectivity index (χ3n) is 5.01. The molecule has 1 aromatic rings. The Kier molecular flexibility index (Phi) is 6.83.